The van der Waals surface area contributed by atoms with Crippen molar-refractivity contribution in [1.29, 1.82) is 0 Å². The van der Waals surface area contributed by atoms with Gasteiger partial charge in [0.05, 0.1) is 0 Å². The van der Waals surface area contributed by atoms with Crippen molar-refractivity contribution in [2.24, 2.45) is 0 Å². The van der Waals surface area contributed by atoms with E-state index < -0.39 is 5.97 Å². The Kier molecular flexibility index (Phi) is 4.08. The fraction of sp³-hybridized carbons (Fsp3) is 0.400. The van der Waals surface area contributed by atoms with E-state index in [4.69, 9.17) is 5.11 Å². The van der Waals surface area contributed by atoms with Gasteiger partial charge in [-0.25, -0.2) is 9.78 Å². The van der Waals surface area contributed by atoms with E-state index in [2.05, 4.69) is 20.9 Å². The van der Waals surface area contributed by atoms with Crippen LogP contribution in [0.4, 0.5) is 5.82 Å². The summed E-state index contributed by atoms with van der Waals surface area (Å²) in [6.07, 6.45) is 2.56. The Morgan fingerprint density at radius 3 is 2.87 bits per heavy atom. The molecule has 5 heteroatoms. The maximum Gasteiger partial charge on any atom is 0.339 e. The van der Waals surface area contributed by atoms with E-state index in [1.54, 1.807) is 12.3 Å². The number of hydrogen-bond acceptors (Lipinski definition) is 3. The van der Waals surface area contributed by atoms with Crippen molar-refractivity contribution in [2.45, 2.75) is 13.3 Å². The normalized spacial score (nSPS) is 10.1. The summed E-state index contributed by atoms with van der Waals surface area (Å²) in [5.41, 5.74) is 0.223. The van der Waals surface area contributed by atoms with E-state index >= 15 is 0 Å². The molecule has 0 bridgehead atoms. The van der Waals surface area contributed by atoms with Gasteiger partial charge in [-0.05, 0) is 28.4 Å². The molecule has 4 nitrogen and oxygen atoms in total. The van der Waals surface area contributed by atoms with Gasteiger partial charge < -0.3 is 10.0 Å². The number of anilines is 1. The van der Waals surface area contributed by atoms with E-state index in [0.29, 0.717) is 10.3 Å². The highest BCUT2D eigenvalue weighted by Crippen LogP contribution is 2.20. The SMILES string of the molecule is CCCN(C)c1ncc(Br)cc1C(=O)O. The topological polar surface area (TPSA) is 53.4 Å². The molecule has 1 heterocycles. The third kappa shape index (κ3) is 2.92. The molecule has 0 aliphatic rings. The Morgan fingerprint density at radius 1 is 1.67 bits per heavy atom. The standard InChI is InChI=1S/C10H13BrN2O2/c1-3-4-13(2)9-8(10(14)15)5-7(11)6-12-9/h5-6H,3-4H2,1-2H3,(H,14,15). The van der Waals surface area contributed by atoms with Crippen LogP contribution in [0.25, 0.3) is 0 Å². The lowest BCUT2D eigenvalue weighted by molar-refractivity contribution is 0.0697. The zero-order valence-electron chi connectivity index (χ0n) is 8.70. The highest BCUT2D eigenvalue weighted by atomic mass is 79.9. The molecule has 82 valence electrons. The minimum absolute atomic E-state index is 0.223. The van der Waals surface area contributed by atoms with Gasteiger partial charge in [-0.15, -0.1) is 0 Å². The van der Waals surface area contributed by atoms with Gasteiger partial charge in [0.1, 0.15) is 11.4 Å². The molecule has 0 spiro atoms. The molecule has 1 aromatic rings. The molecule has 0 fully saturated rings. The van der Waals surface area contributed by atoms with Gasteiger partial charge in [0.2, 0.25) is 0 Å². The van der Waals surface area contributed by atoms with Gasteiger partial charge in [0, 0.05) is 24.3 Å². The Labute approximate surface area is 97.1 Å². The highest BCUT2D eigenvalue weighted by molar-refractivity contribution is 9.10. The van der Waals surface area contributed by atoms with Crippen molar-refractivity contribution >= 4 is 27.7 Å². The van der Waals surface area contributed by atoms with Gasteiger partial charge in [-0.1, -0.05) is 6.92 Å². The van der Waals surface area contributed by atoms with Crippen molar-refractivity contribution in [3.05, 3.63) is 22.3 Å². The zero-order valence-corrected chi connectivity index (χ0v) is 10.3. The number of aromatic carboxylic acids is 1. The summed E-state index contributed by atoms with van der Waals surface area (Å²) < 4.78 is 0.675. The summed E-state index contributed by atoms with van der Waals surface area (Å²) in [5, 5.41) is 9.02. The number of hydrogen-bond donors (Lipinski definition) is 1. The molecular formula is C10H13BrN2O2. The maximum atomic E-state index is 11.0. The molecule has 0 unspecified atom stereocenters. The fourth-order valence-electron chi connectivity index (χ4n) is 1.33. The van der Waals surface area contributed by atoms with Crippen LogP contribution >= 0.6 is 15.9 Å². The zero-order chi connectivity index (χ0) is 11.4. The lowest BCUT2D eigenvalue weighted by Gasteiger charge is -2.18. The lowest BCUT2D eigenvalue weighted by Crippen LogP contribution is -2.22. The number of nitrogens with zero attached hydrogens (tertiary/aromatic N) is 2. The molecule has 0 atom stereocenters. The minimum atomic E-state index is -0.957. The van der Waals surface area contributed by atoms with Crippen LogP contribution in [-0.2, 0) is 0 Å². The van der Waals surface area contributed by atoms with Crippen LogP contribution in [0.2, 0.25) is 0 Å². The number of aromatic nitrogens is 1. The molecule has 1 aromatic heterocycles. The third-order valence-corrected chi connectivity index (χ3v) is 2.42. The lowest BCUT2D eigenvalue weighted by atomic mass is 10.2. The van der Waals surface area contributed by atoms with Gasteiger partial charge in [0.25, 0.3) is 0 Å². The number of carboxylic acids is 1. The van der Waals surface area contributed by atoms with Crippen LogP contribution in [0, 0.1) is 0 Å². The van der Waals surface area contributed by atoms with Crippen molar-refractivity contribution in [1.82, 2.24) is 4.98 Å². The van der Waals surface area contributed by atoms with E-state index in [-0.39, 0.29) is 5.56 Å². The van der Waals surface area contributed by atoms with Crippen molar-refractivity contribution < 1.29 is 9.90 Å². The van der Waals surface area contributed by atoms with E-state index in [0.717, 1.165) is 13.0 Å². The second-order valence-electron chi connectivity index (χ2n) is 3.25. The number of carbonyl (C=O) groups is 1. The molecule has 15 heavy (non-hydrogen) atoms. The van der Waals surface area contributed by atoms with Crippen molar-refractivity contribution in [3.63, 3.8) is 0 Å². The number of pyridine rings is 1. The van der Waals surface area contributed by atoms with E-state index in [1.165, 1.54) is 0 Å². The molecular weight excluding hydrogens is 260 g/mol. The van der Waals surface area contributed by atoms with Crippen LogP contribution in [0.3, 0.4) is 0 Å². The van der Waals surface area contributed by atoms with E-state index in [9.17, 15) is 4.79 Å². The molecule has 0 saturated heterocycles. The quantitative estimate of drug-likeness (QED) is 0.915. The molecule has 1 rings (SSSR count). The molecule has 0 saturated carbocycles. The van der Waals surface area contributed by atoms with Crippen LogP contribution in [0.15, 0.2) is 16.7 Å². The average Bonchev–Trinajstić information content (AvgIpc) is 2.17. The smallest absolute Gasteiger partial charge is 0.339 e. The van der Waals surface area contributed by atoms with E-state index in [1.807, 2.05) is 18.9 Å². The predicted molar refractivity (Wildman–Crippen MR) is 62.5 cm³/mol. The third-order valence-electron chi connectivity index (χ3n) is 1.98. The molecule has 0 aliphatic heterocycles. The summed E-state index contributed by atoms with van der Waals surface area (Å²) in [4.78, 5) is 17.0. The first-order valence-electron chi connectivity index (χ1n) is 4.66. The summed E-state index contributed by atoms with van der Waals surface area (Å²) in [5.74, 6) is -0.450. The van der Waals surface area contributed by atoms with Crippen LogP contribution in [-0.4, -0.2) is 29.7 Å². The monoisotopic (exact) mass is 272 g/mol. The van der Waals surface area contributed by atoms with Gasteiger partial charge in [-0.2, -0.15) is 0 Å². The van der Waals surface area contributed by atoms with Crippen LogP contribution < -0.4 is 4.90 Å². The summed E-state index contributed by atoms with van der Waals surface area (Å²) in [7, 11) is 1.84. The Bertz CT molecular complexity index is 368. The van der Waals surface area contributed by atoms with Gasteiger partial charge in [-0.3, -0.25) is 0 Å². The first kappa shape index (κ1) is 12.0. The number of carboxylic acid groups (broad SMARTS) is 1. The predicted octanol–water partition coefficient (Wildman–Crippen LogP) is 2.39. The molecule has 0 amide bonds. The van der Waals surface area contributed by atoms with Gasteiger partial charge in [0.15, 0.2) is 0 Å². The van der Waals surface area contributed by atoms with Crippen molar-refractivity contribution in [3.8, 4) is 0 Å². The second kappa shape index (κ2) is 5.11. The highest BCUT2D eigenvalue weighted by Gasteiger charge is 2.14. The van der Waals surface area contributed by atoms with Crippen LogP contribution in [0.1, 0.15) is 23.7 Å². The summed E-state index contributed by atoms with van der Waals surface area (Å²) in [6.45, 7) is 2.82. The Hall–Kier alpha value is -1.10. The first-order chi connectivity index (χ1) is 7.06. The minimum Gasteiger partial charge on any atom is -0.478 e. The largest absolute Gasteiger partial charge is 0.478 e. The molecule has 1 N–H and O–H groups in total. The van der Waals surface area contributed by atoms with Crippen molar-refractivity contribution in [2.75, 3.05) is 18.5 Å². The number of rotatable bonds is 4. The molecule has 0 aliphatic carbocycles. The first-order valence-corrected chi connectivity index (χ1v) is 5.45. The van der Waals surface area contributed by atoms with Gasteiger partial charge >= 0.3 is 5.97 Å². The second-order valence-corrected chi connectivity index (χ2v) is 4.17. The Balaban J connectivity index is 3.10. The maximum absolute atomic E-state index is 11.0. The Morgan fingerprint density at radius 2 is 2.33 bits per heavy atom. The molecule has 0 aromatic carbocycles. The van der Waals surface area contributed by atoms with Crippen LogP contribution in [0.5, 0.6) is 0 Å². The average molecular weight is 273 g/mol. The number of halogens is 1. The molecule has 0 radical (unpaired) electrons. The fourth-order valence-corrected chi connectivity index (χ4v) is 1.67. The summed E-state index contributed by atoms with van der Waals surface area (Å²) in [6, 6.07) is 1.57. The summed E-state index contributed by atoms with van der Waals surface area (Å²) >= 11 is 3.21.